The van der Waals surface area contributed by atoms with Crippen LogP contribution in [0.1, 0.15) is 42.7 Å². The van der Waals surface area contributed by atoms with E-state index in [-0.39, 0.29) is 36.2 Å². The number of hydrogen-bond donors (Lipinski definition) is 2. The Hall–Kier alpha value is -3.43. The second-order valence-electron chi connectivity index (χ2n) is 8.07. The van der Waals surface area contributed by atoms with Gasteiger partial charge < -0.3 is 15.1 Å². The van der Waals surface area contributed by atoms with E-state index in [9.17, 15) is 18.0 Å². The number of carbonyl (C=O) groups is 2. The molecule has 2 heterocycles. The number of anilines is 1. The average molecular weight is 482 g/mol. The number of fused-ring (bicyclic) bond motifs is 1. The van der Waals surface area contributed by atoms with E-state index in [1.807, 2.05) is 24.3 Å². The first-order valence-corrected chi connectivity index (χ1v) is 12.6. The predicted octanol–water partition coefficient (Wildman–Crippen LogP) is 3.62. The summed E-state index contributed by atoms with van der Waals surface area (Å²) in [4.78, 5) is 24.5. The van der Waals surface area contributed by atoms with Gasteiger partial charge >= 0.3 is 0 Å². The van der Waals surface area contributed by atoms with Gasteiger partial charge in [-0.15, -0.1) is 0 Å². The van der Waals surface area contributed by atoms with E-state index in [0.29, 0.717) is 24.3 Å². The molecule has 1 aliphatic heterocycles. The number of benzene rings is 2. The summed E-state index contributed by atoms with van der Waals surface area (Å²) in [7, 11) is -3.89. The molecule has 3 aromatic rings. The number of nitrogens with zero attached hydrogens (tertiary/aromatic N) is 1. The molecule has 0 saturated carbocycles. The second kappa shape index (κ2) is 10.2. The molecule has 1 aromatic heterocycles. The number of hydrogen-bond acceptors (Lipinski definition) is 5. The Balaban J connectivity index is 1.58. The molecular formula is C25H27N3O5S. The third-order valence-corrected chi connectivity index (χ3v) is 7.77. The first kappa shape index (κ1) is 23.7. The van der Waals surface area contributed by atoms with Crippen molar-refractivity contribution in [1.82, 2.24) is 9.62 Å². The molecule has 178 valence electrons. The SMILES string of the molecule is CCC(=O)Nc1ccc(S(=O)(=O)N2CCc3ccccc3[C@@H]2CC(=O)NCc2ccco2)cc1. The first-order valence-electron chi connectivity index (χ1n) is 11.2. The maximum atomic E-state index is 13.6. The van der Waals surface area contributed by atoms with E-state index < -0.39 is 16.1 Å². The highest BCUT2D eigenvalue weighted by atomic mass is 32.2. The third kappa shape index (κ3) is 5.21. The van der Waals surface area contributed by atoms with Crippen LogP contribution >= 0.6 is 0 Å². The van der Waals surface area contributed by atoms with E-state index in [4.69, 9.17) is 4.42 Å². The summed E-state index contributed by atoms with van der Waals surface area (Å²) in [5.41, 5.74) is 2.40. The summed E-state index contributed by atoms with van der Waals surface area (Å²) in [6.07, 6.45) is 2.41. The highest BCUT2D eigenvalue weighted by molar-refractivity contribution is 7.89. The minimum atomic E-state index is -3.89. The Morgan fingerprint density at radius 1 is 1.03 bits per heavy atom. The van der Waals surface area contributed by atoms with Gasteiger partial charge in [-0.05, 0) is 53.9 Å². The van der Waals surface area contributed by atoms with Crippen LogP contribution in [-0.2, 0) is 32.6 Å². The first-order chi connectivity index (χ1) is 16.4. The summed E-state index contributed by atoms with van der Waals surface area (Å²) in [6.45, 7) is 2.25. The Kier molecular flexibility index (Phi) is 7.14. The molecule has 1 atom stereocenters. The fourth-order valence-corrected chi connectivity index (χ4v) is 5.68. The normalized spacial score (nSPS) is 16.0. The lowest BCUT2D eigenvalue weighted by Crippen LogP contribution is -2.42. The van der Waals surface area contributed by atoms with Crippen LogP contribution in [0.2, 0.25) is 0 Å². The van der Waals surface area contributed by atoms with Gasteiger partial charge in [-0.3, -0.25) is 9.59 Å². The van der Waals surface area contributed by atoms with Crippen LogP contribution in [0.4, 0.5) is 5.69 Å². The van der Waals surface area contributed by atoms with E-state index >= 15 is 0 Å². The maximum absolute atomic E-state index is 13.6. The van der Waals surface area contributed by atoms with Crippen molar-refractivity contribution in [3.63, 3.8) is 0 Å². The van der Waals surface area contributed by atoms with Crippen LogP contribution in [0.15, 0.2) is 76.2 Å². The van der Waals surface area contributed by atoms with Crippen molar-refractivity contribution < 1.29 is 22.4 Å². The van der Waals surface area contributed by atoms with Gasteiger partial charge in [-0.1, -0.05) is 31.2 Å². The molecule has 0 fully saturated rings. The van der Waals surface area contributed by atoms with Gasteiger partial charge in [0.25, 0.3) is 0 Å². The molecule has 1 aliphatic rings. The molecule has 0 bridgehead atoms. The Morgan fingerprint density at radius 2 is 1.79 bits per heavy atom. The topological polar surface area (TPSA) is 109 Å². The molecule has 0 spiro atoms. The fourth-order valence-electron chi connectivity index (χ4n) is 4.07. The number of rotatable bonds is 8. The number of sulfonamides is 1. The molecule has 0 unspecified atom stereocenters. The molecule has 8 nitrogen and oxygen atoms in total. The molecule has 2 amide bonds. The van der Waals surface area contributed by atoms with Crippen molar-refractivity contribution in [3.05, 3.63) is 83.8 Å². The maximum Gasteiger partial charge on any atom is 0.243 e. The Labute approximate surface area is 199 Å². The number of amides is 2. The van der Waals surface area contributed by atoms with Crippen LogP contribution in [0, 0.1) is 0 Å². The minimum absolute atomic E-state index is 0.0123. The van der Waals surface area contributed by atoms with Crippen molar-refractivity contribution >= 4 is 27.5 Å². The van der Waals surface area contributed by atoms with Gasteiger partial charge in [0.2, 0.25) is 21.8 Å². The van der Waals surface area contributed by atoms with Crippen LogP contribution in [0.25, 0.3) is 0 Å². The molecule has 2 N–H and O–H groups in total. The molecule has 4 rings (SSSR count). The van der Waals surface area contributed by atoms with Crippen LogP contribution in [0.5, 0.6) is 0 Å². The van der Waals surface area contributed by atoms with Gasteiger partial charge in [0.15, 0.2) is 0 Å². The van der Waals surface area contributed by atoms with Gasteiger partial charge in [-0.25, -0.2) is 8.42 Å². The second-order valence-corrected chi connectivity index (χ2v) is 9.96. The van der Waals surface area contributed by atoms with Crippen LogP contribution in [0.3, 0.4) is 0 Å². The van der Waals surface area contributed by atoms with Crippen LogP contribution in [-0.4, -0.2) is 31.1 Å². The highest BCUT2D eigenvalue weighted by Gasteiger charge is 2.37. The van der Waals surface area contributed by atoms with E-state index in [0.717, 1.165) is 11.1 Å². The van der Waals surface area contributed by atoms with Crippen molar-refractivity contribution in [3.8, 4) is 0 Å². The average Bonchev–Trinajstić information content (AvgIpc) is 3.37. The largest absolute Gasteiger partial charge is 0.467 e. The van der Waals surface area contributed by atoms with Crippen molar-refractivity contribution in [2.45, 2.75) is 43.7 Å². The lowest BCUT2D eigenvalue weighted by molar-refractivity contribution is -0.122. The fraction of sp³-hybridized carbons (Fsp3) is 0.280. The van der Waals surface area contributed by atoms with Gasteiger partial charge in [0, 0.05) is 25.1 Å². The van der Waals surface area contributed by atoms with E-state index in [1.165, 1.54) is 22.7 Å². The summed E-state index contributed by atoms with van der Waals surface area (Å²) in [5.74, 6) is 0.205. The number of carbonyl (C=O) groups excluding carboxylic acids is 2. The van der Waals surface area contributed by atoms with E-state index in [1.54, 1.807) is 31.2 Å². The molecule has 2 aromatic carbocycles. The van der Waals surface area contributed by atoms with Gasteiger partial charge in [0.05, 0.1) is 23.7 Å². The predicted molar refractivity (Wildman–Crippen MR) is 127 cm³/mol. The smallest absolute Gasteiger partial charge is 0.243 e. The van der Waals surface area contributed by atoms with Crippen molar-refractivity contribution in [1.29, 1.82) is 0 Å². The molecule has 0 aliphatic carbocycles. The zero-order valence-electron chi connectivity index (χ0n) is 18.9. The molecular weight excluding hydrogens is 454 g/mol. The molecule has 9 heteroatoms. The highest BCUT2D eigenvalue weighted by Crippen LogP contribution is 2.36. The lowest BCUT2D eigenvalue weighted by atomic mass is 9.92. The summed E-state index contributed by atoms with van der Waals surface area (Å²) in [6, 6.07) is 16.6. The standard InChI is InChI=1S/C25H27N3O5S/c1-2-24(29)27-19-9-11-21(12-10-19)34(31,32)28-14-13-18-6-3-4-8-22(18)23(28)16-25(30)26-17-20-7-5-15-33-20/h3-12,15,23H,2,13-14,16-17H2,1H3,(H,26,30)(H,27,29)/t23-/m0/s1. The van der Waals surface area contributed by atoms with Gasteiger partial charge in [0.1, 0.15) is 5.76 Å². The molecule has 34 heavy (non-hydrogen) atoms. The zero-order valence-corrected chi connectivity index (χ0v) is 19.7. The monoisotopic (exact) mass is 481 g/mol. The molecule has 0 radical (unpaired) electrons. The lowest BCUT2D eigenvalue weighted by Gasteiger charge is -2.36. The minimum Gasteiger partial charge on any atom is -0.467 e. The third-order valence-electron chi connectivity index (χ3n) is 5.85. The Morgan fingerprint density at radius 3 is 2.50 bits per heavy atom. The Bertz CT molecular complexity index is 1250. The summed E-state index contributed by atoms with van der Waals surface area (Å²) >= 11 is 0. The van der Waals surface area contributed by atoms with Crippen molar-refractivity contribution in [2.75, 3.05) is 11.9 Å². The zero-order chi connectivity index (χ0) is 24.1. The summed E-state index contributed by atoms with van der Waals surface area (Å²) < 4.78 is 33.9. The summed E-state index contributed by atoms with van der Waals surface area (Å²) in [5, 5.41) is 5.53. The number of furan rings is 1. The number of nitrogens with one attached hydrogen (secondary N) is 2. The molecule has 0 saturated heterocycles. The van der Waals surface area contributed by atoms with E-state index in [2.05, 4.69) is 10.6 Å². The van der Waals surface area contributed by atoms with Gasteiger partial charge in [-0.2, -0.15) is 4.31 Å². The van der Waals surface area contributed by atoms with Crippen molar-refractivity contribution in [2.24, 2.45) is 0 Å². The quantitative estimate of drug-likeness (QED) is 0.511. The van der Waals surface area contributed by atoms with Crippen LogP contribution < -0.4 is 10.6 Å².